The standard InChI is InChI=1S/C11H21N3/c1-9(2)4-5-10(3)14-8-11-12-6-7-13-11/h6-7,9-10,14H,4-5,8H2,1-3H3,(H,12,13). The minimum Gasteiger partial charge on any atom is -0.348 e. The molecule has 1 heterocycles. The van der Waals surface area contributed by atoms with Gasteiger partial charge in [0.1, 0.15) is 5.82 Å². The van der Waals surface area contributed by atoms with Gasteiger partial charge in [-0.05, 0) is 25.7 Å². The molecule has 0 aromatic carbocycles. The SMILES string of the molecule is CC(C)CCC(C)NCc1ncc[nH]1. The summed E-state index contributed by atoms with van der Waals surface area (Å²) in [5.74, 6) is 1.81. The van der Waals surface area contributed by atoms with Crippen molar-refractivity contribution in [2.75, 3.05) is 0 Å². The van der Waals surface area contributed by atoms with E-state index in [1.165, 1.54) is 12.8 Å². The molecule has 3 nitrogen and oxygen atoms in total. The van der Waals surface area contributed by atoms with Crippen molar-refractivity contribution in [3.05, 3.63) is 18.2 Å². The van der Waals surface area contributed by atoms with Crippen LogP contribution in [0, 0.1) is 5.92 Å². The lowest BCUT2D eigenvalue weighted by molar-refractivity contribution is 0.447. The minimum absolute atomic E-state index is 0.572. The van der Waals surface area contributed by atoms with Crippen LogP contribution in [0.25, 0.3) is 0 Å². The fourth-order valence-electron chi connectivity index (χ4n) is 1.35. The number of aromatic amines is 1. The van der Waals surface area contributed by atoms with Crippen molar-refractivity contribution >= 4 is 0 Å². The molecule has 1 rings (SSSR count). The Hall–Kier alpha value is -0.830. The third kappa shape index (κ3) is 4.42. The van der Waals surface area contributed by atoms with E-state index in [2.05, 4.69) is 36.1 Å². The van der Waals surface area contributed by atoms with E-state index in [4.69, 9.17) is 0 Å². The lowest BCUT2D eigenvalue weighted by atomic mass is 10.0. The zero-order chi connectivity index (χ0) is 10.4. The highest BCUT2D eigenvalue weighted by Gasteiger charge is 2.03. The molecule has 1 atom stereocenters. The summed E-state index contributed by atoms with van der Waals surface area (Å²) in [6.45, 7) is 7.59. The Bertz CT molecular complexity index is 229. The van der Waals surface area contributed by atoms with Crippen LogP contribution in [0.3, 0.4) is 0 Å². The summed E-state index contributed by atoms with van der Waals surface area (Å²) in [4.78, 5) is 7.25. The van der Waals surface area contributed by atoms with Gasteiger partial charge in [0.05, 0.1) is 6.54 Å². The fraction of sp³-hybridized carbons (Fsp3) is 0.727. The summed E-state index contributed by atoms with van der Waals surface area (Å²) in [7, 11) is 0. The van der Waals surface area contributed by atoms with E-state index >= 15 is 0 Å². The molecule has 2 N–H and O–H groups in total. The number of H-pyrrole nitrogens is 1. The lowest BCUT2D eigenvalue weighted by Crippen LogP contribution is -2.26. The van der Waals surface area contributed by atoms with Gasteiger partial charge in [-0.3, -0.25) is 0 Å². The Kier molecular flexibility index (Phi) is 4.66. The minimum atomic E-state index is 0.572. The van der Waals surface area contributed by atoms with E-state index in [9.17, 15) is 0 Å². The Labute approximate surface area is 86.3 Å². The summed E-state index contributed by atoms with van der Waals surface area (Å²) >= 11 is 0. The van der Waals surface area contributed by atoms with Gasteiger partial charge in [0.2, 0.25) is 0 Å². The molecule has 0 aliphatic rings. The summed E-state index contributed by atoms with van der Waals surface area (Å²) in [6.07, 6.45) is 6.16. The summed E-state index contributed by atoms with van der Waals surface area (Å²) in [5.41, 5.74) is 0. The summed E-state index contributed by atoms with van der Waals surface area (Å²) in [6, 6.07) is 0.572. The third-order valence-electron chi connectivity index (χ3n) is 2.35. The van der Waals surface area contributed by atoms with E-state index in [1.807, 2.05) is 6.20 Å². The van der Waals surface area contributed by atoms with Crippen molar-refractivity contribution in [3.8, 4) is 0 Å². The first kappa shape index (κ1) is 11.2. The van der Waals surface area contributed by atoms with E-state index in [-0.39, 0.29) is 0 Å². The van der Waals surface area contributed by atoms with Gasteiger partial charge in [-0.1, -0.05) is 13.8 Å². The molecule has 1 aromatic heterocycles. The molecule has 0 spiro atoms. The first-order valence-electron chi connectivity index (χ1n) is 5.40. The number of imidazole rings is 1. The number of nitrogens with one attached hydrogen (secondary N) is 2. The number of rotatable bonds is 6. The predicted molar refractivity (Wildman–Crippen MR) is 59.0 cm³/mol. The normalized spacial score (nSPS) is 13.4. The maximum atomic E-state index is 4.17. The van der Waals surface area contributed by atoms with Gasteiger partial charge in [0.25, 0.3) is 0 Å². The van der Waals surface area contributed by atoms with Crippen molar-refractivity contribution in [3.63, 3.8) is 0 Å². The molecule has 0 aliphatic carbocycles. The molecular formula is C11H21N3. The largest absolute Gasteiger partial charge is 0.348 e. The van der Waals surface area contributed by atoms with E-state index < -0.39 is 0 Å². The maximum Gasteiger partial charge on any atom is 0.120 e. The van der Waals surface area contributed by atoms with Crippen molar-refractivity contribution in [1.82, 2.24) is 15.3 Å². The van der Waals surface area contributed by atoms with Gasteiger partial charge in [0.15, 0.2) is 0 Å². The van der Waals surface area contributed by atoms with Crippen LogP contribution in [0.5, 0.6) is 0 Å². The second kappa shape index (κ2) is 5.81. The molecule has 0 saturated heterocycles. The molecule has 3 heteroatoms. The molecule has 0 bridgehead atoms. The first-order chi connectivity index (χ1) is 6.68. The molecule has 14 heavy (non-hydrogen) atoms. The summed E-state index contributed by atoms with van der Waals surface area (Å²) in [5, 5.41) is 3.45. The predicted octanol–water partition coefficient (Wildman–Crippen LogP) is 2.32. The smallest absolute Gasteiger partial charge is 0.120 e. The van der Waals surface area contributed by atoms with Crippen LogP contribution in [-0.2, 0) is 6.54 Å². The van der Waals surface area contributed by atoms with Crippen molar-refractivity contribution < 1.29 is 0 Å². The number of hydrogen-bond acceptors (Lipinski definition) is 2. The molecule has 0 amide bonds. The number of nitrogens with zero attached hydrogens (tertiary/aromatic N) is 1. The van der Waals surface area contributed by atoms with Crippen molar-refractivity contribution in [1.29, 1.82) is 0 Å². The molecule has 1 aromatic rings. The Morgan fingerprint density at radius 2 is 2.14 bits per heavy atom. The molecule has 0 radical (unpaired) electrons. The van der Waals surface area contributed by atoms with Gasteiger partial charge in [-0.25, -0.2) is 4.98 Å². The second-order valence-corrected chi connectivity index (χ2v) is 4.29. The van der Waals surface area contributed by atoms with Crippen LogP contribution in [0.1, 0.15) is 39.4 Å². The Morgan fingerprint density at radius 1 is 1.36 bits per heavy atom. The van der Waals surface area contributed by atoms with Crippen LogP contribution in [0.4, 0.5) is 0 Å². The maximum absolute atomic E-state index is 4.17. The first-order valence-corrected chi connectivity index (χ1v) is 5.40. The molecule has 0 aliphatic heterocycles. The van der Waals surface area contributed by atoms with E-state index in [0.717, 1.165) is 18.3 Å². The van der Waals surface area contributed by atoms with Gasteiger partial charge < -0.3 is 10.3 Å². The lowest BCUT2D eigenvalue weighted by Gasteiger charge is -2.13. The topological polar surface area (TPSA) is 40.7 Å². The van der Waals surface area contributed by atoms with Gasteiger partial charge >= 0.3 is 0 Å². The van der Waals surface area contributed by atoms with Crippen LogP contribution < -0.4 is 5.32 Å². The van der Waals surface area contributed by atoms with Crippen LogP contribution in [0.2, 0.25) is 0 Å². The Morgan fingerprint density at radius 3 is 2.71 bits per heavy atom. The molecule has 0 fully saturated rings. The quantitative estimate of drug-likeness (QED) is 0.731. The van der Waals surface area contributed by atoms with Gasteiger partial charge in [0, 0.05) is 18.4 Å². The van der Waals surface area contributed by atoms with Crippen LogP contribution >= 0.6 is 0 Å². The van der Waals surface area contributed by atoms with Crippen molar-refractivity contribution in [2.45, 2.75) is 46.2 Å². The fourth-order valence-corrected chi connectivity index (χ4v) is 1.35. The van der Waals surface area contributed by atoms with Crippen molar-refractivity contribution in [2.24, 2.45) is 5.92 Å². The zero-order valence-corrected chi connectivity index (χ0v) is 9.38. The van der Waals surface area contributed by atoms with Gasteiger partial charge in [-0.15, -0.1) is 0 Å². The molecular weight excluding hydrogens is 174 g/mol. The van der Waals surface area contributed by atoms with Gasteiger partial charge in [-0.2, -0.15) is 0 Å². The highest BCUT2D eigenvalue weighted by Crippen LogP contribution is 2.06. The zero-order valence-electron chi connectivity index (χ0n) is 9.38. The highest BCUT2D eigenvalue weighted by molar-refractivity contribution is 4.86. The molecule has 80 valence electrons. The number of hydrogen-bond donors (Lipinski definition) is 2. The highest BCUT2D eigenvalue weighted by atomic mass is 15.0. The van der Waals surface area contributed by atoms with E-state index in [1.54, 1.807) is 6.20 Å². The van der Waals surface area contributed by atoms with Crippen LogP contribution in [-0.4, -0.2) is 16.0 Å². The molecule has 1 unspecified atom stereocenters. The average molecular weight is 195 g/mol. The average Bonchev–Trinajstić information content (AvgIpc) is 2.63. The monoisotopic (exact) mass is 195 g/mol. The van der Waals surface area contributed by atoms with Crippen LogP contribution in [0.15, 0.2) is 12.4 Å². The molecule has 0 saturated carbocycles. The van der Waals surface area contributed by atoms with E-state index in [0.29, 0.717) is 6.04 Å². The summed E-state index contributed by atoms with van der Waals surface area (Å²) < 4.78 is 0. The third-order valence-corrected chi connectivity index (χ3v) is 2.35. The number of aromatic nitrogens is 2. The second-order valence-electron chi connectivity index (χ2n) is 4.29. The Balaban J connectivity index is 2.12.